The smallest absolute Gasteiger partial charge is 0.255 e. The van der Waals surface area contributed by atoms with Crippen LogP contribution in [0.2, 0.25) is 5.02 Å². The van der Waals surface area contributed by atoms with Gasteiger partial charge in [0.1, 0.15) is 0 Å². The maximum absolute atomic E-state index is 12.6. The monoisotopic (exact) mass is 330 g/mol. The molecule has 1 amide bonds. The van der Waals surface area contributed by atoms with Gasteiger partial charge in [-0.05, 0) is 31.0 Å². The van der Waals surface area contributed by atoms with Crippen LogP contribution in [0, 0.1) is 0 Å². The average molecular weight is 331 g/mol. The molecule has 116 valence electrons. The van der Waals surface area contributed by atoms with Crippen molar-refractivity contribution >= 4 is 33.2 Å². The number of hydrogen-bond acceptors (Lipinski definition) is 3. The van der Waals surface area contributed by atoms with E-state index < -0.39 is 10.0 Å². The number of likely N-dealkylation sites (tertiary alicyclic amines) is 1. The van der Waals surface area contributed by atoms with Crippen LogP contribution >= 0.6 is 11.6 Å². The highest BCUT2D eigenvalue weighted by Crippen LogP contribution is 2.24. The number of nitrogens with zero attached hydrogens (tertiary/aromatic N) is 1. The van der Waals surface area contributed by atoms with Crippen LogP contribution in [0.15, 0.2) is 18.2 Å². The third-order valence-corrected chi connectivity index (χ3v) is 4.33. The molecule has 5 nitrogen and oxygen atoms in total. The number of carbonyl (C=O) groups is 1. The lowest BCUT2D eigenvalue weighted by atomic mass is 10.1. The number of amides is 1. The molecule has 0 aromatic heterocycles. The molecule has 0 radical (unpaired) electrons. The lowest BCUT2D eigenvalue weighted by molar-refractivity contribution is 0.0762. The fraction of sp³-hybridized carbons (Fsp3) is 0.500. The molecule has 7 heteroatoms. The van der Waals surface area contributed by atoms with Crippen LogP contribution in [0.5, 0.6) is 0 Å². The predicted octanol–water partition coefficient (Wildman–Crippen LogP) is 2.73. The van der Waals surface area contributed by atoms with E-state index in [0.29, 0.717) is 16.3 Å². The molecule has 1 N–H and O–H groups in total. The van der Waals surface area contributed by atoms with Crippen molar-refractivity contribution in [3.63, 3.8) is 0 Å². The predicted molar refractivity (Wildman–Crippen MR) is 84.3 cm³/mol. The number of carbonyl (C=O) groups excluding carboxylic acids is 1. The standard InChI is InChI=1S/C14H19ClN2O3S/c1-21(19,20)16-11-6-7-13(15)12(10-11)14(18)17-8-4-2-3-5-9-17/h6-7,10,16H,2-5,8-9H2,1H3. The zero-order chi connectivity index (χ0) is 15.5. The van der Waals surface area contributed by atoms with Crippen molar-refractivity contribution in [1.29, 1.82) is 0 Å². The number of rotatable bonds is 3. The second-order valence-electron chi connectivity index (χ2n) is 5.28. The van der Waals surface area contributed by atoms with Crippen LogP contribution < -0.4 is 4.72 Å². The summed E-state index contributed by atoms with van der Waals surface area (Å²) in [4.78, 5) is 14.3. The summed E-state index contributed by atoms with van der Waals surface area (Å²) in [5.74, 6) is -0.140. The molecular formula is C14H19ClN2O3S. The van der Waals surface area contributed by atoms with Crippen molar-refractivity contribution in [2.24, 2.45) is 0 Å². The van der Waals surface area contributed by atoms with Gasteiger partial charge >= 0.3 is 0 Å². The lowest BCUT2D eigenvalue weighted by Gasteiger charge is -2.21. The largest absolute Gasteiger partial charge is 0.339 e. The van der Waals surface area contributed by atoms with E-state index in [1.165, 1.54) is 6.07 Å². The molecule has 1 heterocycles. The molecule has 21 heavy (non-hydrogen) atoms. The van der Waals surface area contributed by atoms with E-state index >= 15 is 0 Å². The Bertz CT molecular complexity index is 623. The van der Waals surface area contributed by atoms with Gasteiger partial charge in [0.25, 0.3) is 5.91 Å². The molecule has 0 unspecified atom stereocenters. The van der Waals surface area contributed by atoms with E-state index in [1.807, 2.05) is 0 Å². The number of halogens is 1. The molecule has 0 atom stereocenters. The van der Waals surface area contributed by atoms with Crippen molar-refractivity contribution < 1.29 is 13.2 Å². The second kappa shape index (κ2) is 6.66. The molecule has 0 saturated carbocycles. The number of sulfonamides is 1. The van der Waals surface area contributed by atoms with Crippen LogP contribution in [0.4, 0.5) is 5.69 Å². The van der Waals surface area contributed by atoms with Gasteiger partial charge in [-0.2, -0.15) is 0 Å². The van der Waals surface area contributed by atoms with Crippen molar-refractivity contribution in [2.75, 3.05) is 24.1 Å². The van der Waals surface area contributed by atoms with Gasteiger partial charge in [0, 0.05) is 18.8 Å². The molecular weight excluding hydrogens is 312 g/mol. The number of hydrogen-bond donors (Lipinski definition) is 1. The lowest BCUT2D eigenvalue weighted by Crippen LogP contribution is -2.32. The molecule has 2 rings (SSSR count). The van der Waals surface area contributed by atoms with Gasteiger partial charge in [0.05, 0.1) is 16.8 Å². The summed E-state index contributed by atoms with van der Waals surface area (Å²) in [6.45, 7) is 1.44. The van der Waals surface area contributed by atoms with E-state index in [4.69, 9.17) is 11.6 Å². The maximum atomic E-state index is 12.6. The highest BCUT2D eigenvalue weighted by molar-refractivity contribution is 7.92. The SMILES string of the molecule is CS(=O)(=O)Nc1ccc(Cl)c(C(=O)N2CCCCCC2)c1. The summed E-state index contributed by atoms with van der Waals surface area (Å²) >= 11 is 6.10. The van der Waals surface area contributed by atoms with Crippen LogP contribution in [0.3, 0.4) is 0 Å². The second-order valence-corrected chi connectivity index (χ2v) is 7.43. The Labute approximate surface area is 130 Å². The van der Waals surface area contributed by atoms with Crippen molar-refractivity contribution in [1.82, 2.24) is 4.90 Å². The zero-order valence-corrected chi connectivity index (χ0v) is 13.5. The first-order chi connectivity index (χ1) is 9.87. The summed E-state index contributed by atoms with van der Waals surface area (Å²) in [5.41, 5.74) is 0.687. The van der Waals surface area contributed by atoms with E-state index in [-0.39, 0.29) is 5.91 Å². The Morgan fingerprint density at radius 2 is 1.81 bits per heavy atom. The summed E-state index contributed by atoms with van der Waals surface area (Å²) in [5, 5.41) is 0.336. The zero-order valence-electron chi connectivity index (χ0n) is 11.9. The number of nitrogens with one attached hydrogen (secondary N) is 1. The van der Waals surface area contributed by atoms with Gasteiger partial charge < -0.3 is 4.90 Å². The van der Waals surface area contributed by atoms with Gasteiger partial charge in [-0.15, -0.1) is 0 Å². The first kappa shape index (κ1) is 16.1. The quantitative estimate of drug-likeness (QED) is 0.926. The van der Waals surface area contributed by atoms with Gasteiger partial charge in [-0.1, -0.05) is 24.4 Å². The fourth-order valence-electron chi connectivity index (χ4n) is 2.41. The minimum Gasteiger partial charge on any atom is -0.339 e. The van der Waals surface area contributed by atoms with E-state index in [2.05, 4.69) is 4.72 Å². The minimum absolute atomic E-state index is 0.140. The maximum Gasteiger partial charge on any atom is 0.255 e. The van der Waals surface area contributed by atoms with Crippen LogP contribution in [0.25, 0.3) is 0 Å². The first-order valence-electron chi connectivity index (χ1n) is 6.93. The first-order valence-corrected chi connectivity index (χ1v) is 9.20. The topological polar surface area (TPSA) is 66.5 Å². The molecule has 1 aliphatic heterocycles. The van der Waals surface area contributed by atoms with E-state index in [1.54, 1.807) is 17.0 Å². The molecule has 1 fully saturated rings. The summed E-state index contributed by atoms with van der Waals surface area (Å²) < 4.78 is 24.9. The van der Waals surface area contributed by atoms with Crippen LogP contribution in [-0.4, -0.2) is 38.6 Å². The van der Waals surface area contributed by atoms with Gasteiger partial charge in [-0.25, -0.2) is 8.42 Å². The Morgan fingerprint density at radius 1 is 1.19 bits per heavy atom. The average Bonchev–Trinajstić information content (AvgIpc) is 2.67. The van der Waals surface area contributed by atoms with Gasteiger partial charge in [0.2, 0.25) is 10.0 Å². The highest BCUT2D eigenvalue weighted by Gasteiger charge is 2.20. The molecule has 0 aliphatic carbocycles. The van der Waals surface area contributed by atoms with Crippen LogP contribution in [0.1, 0.15) is 36.0 Å². The normalized spacial score (nSPS) is 16.4. The minimum atomic E-state index is -3.38. The molecule has 0 spiro atoms. The highest BCUT2D eigenvalue weighted by atomic mass is 35.5. The Kier molecular flexibility index (Phi) is 5.11. The molecule has 1 aliphatic rings. The molecule has 1 saturated heterocycles. The molecule has 0 bridgehead atoms. The van der Waals surface area contributed by atoms with Gasteiger partial charge in [-0.3, -0.25) is 9.52 Å². The Morgan fingerprint density at radius 3 is 2.38 bits per heavy atom. The number of anilines is 1. The van der Waals surface area contributed by atoms with E-state index in [0.717, 1.165) is 45.0 Å². The molecule has 1 aromatic rings. The third kappa shape index (κ3) is 4.61. The molecule has 1 aromatic carbocycles. The fourth-order valence-corrected chi connectivity index (χ4v) is 3.16. The van der Waals surface area contributed by atoms with E-state index in [9.17, 15) is 13.2 Å². The summed E-state index contributed by atoms with van der Waals surface area (Å²) in [7, 11) is -3.38. The Balaban J connectivity index is 2.24. The number of benzene rings is 1. The summed E-state index contributed by atoms with van der Waals surface area (Å²) in [6, 6.07) is 4.58. The Hall–Kier alpha value is -1.27. The van der Waals surface area contributed by atoms with Crippen molar-refractivity contribution in [3.8, 4) is 0 Å². The summed E-state index contributed by atoms with van der Waals surface area (Å²) in [6.07, 6.45) is 5.31. The van der Waals surface area contributed by atoms with Crippen molar-refractivity contribution in [3.05, 3.63) is 28.8 Å². The van der Waals surface area contributed by atoms with Gasteiger partial charge in [0.15, 0.2) is 0 Å². The van der Waals surface area contributed by atoms with Crippen molar-refractivity contribution in [2.45, 2.75) is 25.7 Å². The van der Waals surface area contributed by atoms with Crippen LogP contribution in [-0.2, 0) is 10.0 Å². The third-order valence-electron chi connectivity index (χ3n) is 3.39.